The van der Waals surface area contributed by atoms with Gasteiger partial charge in [0.2, 0.25) is 5.43 Å². The van der Waals surface area contributed by atoms with Crippen LogP contribution in [0, 0.1) is 10.1 Å². The third kappa shape index (κ3) is 4.34. The van der Waals surface area contributed by atoms with Crippen LogP contribution in [-0.2, 0) is 0 Å². The summed E-state index contributed by atoms with van der Waals surface area (Å²) in [7, 11) is -2.08. The Hall–Kier alpha value is -3.05. The van der Waals surface area contributed by atoms with E-state index in [-0.39, 0.29) is 16.7 Å². The molecule has 0 bridgehead atoms. The van der Waals surface area contributed by atoms with Gasteiger partial charge >= 0.3 is 0 Å². The second kappa shape index (κ2) is 11.2. The van der Waals surface area contributed by atoms with Gasteiger partial charge in [-0.25, -0.2) is 0 Å². The fourth-order valence-corrected chi connectivity index (χ4v) is 15.3. The Morgan fingerprint density at radius 1 is 0.738 bits per heavy atom. The number of para-hydroxylation sites is 1. The van der Waals surface area contributed by atoms with Crippen molar-refractivity contribution in [2.75, 3.05) is 0 Å². The van der Waals surface area contributed by atoms with Gasteiger partial charge in [-0.05, 0) is 74.7 Å². The number of pyridine rings is 1. The van der Waals surface area contributed by atoms with Crippen molar-refractivity contribution in [3.05, 3.63) is 68.4 Å². The highest BCUT2D eigenvalue weighted by Gasteiger charge is 2.46. The second-order valence-electron chi connectivity index (χ2n) is 12.9. The first-order valence-corrected chi connectivity index (χ1v) is 18.1. The lowest BCUT2D eigenvalue weighted by Gasteiger charge is -2.48. The molecule has 42 heavy (non-hydrogen) atoms. The molecular formula is C34H40N3O4P. The molecule has 7 rings (SSSR count). The summed E-state index contributed by atoms with van der Waals surface area (Å²) < 4.78 is 7.52. The molecular weight excluding hydrogens is 545 g/mol. The van der Waals surface area contributed by atoms with E-state index in [2.05, 4.69) is 0 Å². The van der Waals surface area contributed by atoms with Gasteiger partial charge < -0.3 is 0 Å². The molecule has 1 aliphatic heterocycles. The highest BCUT2D eigenvalue weighted by atomic mass is 31.2. The molecule has 2 heterocycles. The van der Waals surface area contributed by atoms with Gasteiger partial charge in [0, 0.05) is 17.0 Å². The van der Waals surface area contributed by atoms with E-state index in [1.807, 2.05) is 12.1 Å². The highest BCUT2D eigenvalue weighted by molar-refractivity contribution is 7.68. The summed E-state index contributed by atoms with van der Waals surface area (Å²) in [6.07, 6.45) is 18.3. The zero-order valence-corrected chi connectivity index (χ0v) is 25.2. The van der Waals surface area contributed by atoms with E-state index in [1.165, 1.54) is 102 Å². The van der Waals surface area contributed by atoms with E-state index in [4.69, 9.17) is 4.74 Å². The Morgan fingerprint density at radius 3 is 1.83 bits per heavy atom. The molecule has 0 atom stereocenters. The zero-order chi connectivity index (χ0) is 28.8. The minimum atomic E-state index is -2.08. The van der Waals surface area contributed by atoms with Crippen molar-refractivity contribution in [3.8, 4) is 11.3 Å². The van der Waals surface area contributed by atoms with Gasteiger partial charge in [-0.15, -0.1) is 0 Å². The summed E-state index contributed by atoms with van der Waals surface area (Å²) >= 11 is 0. The number of carbonyl (C=O) groups excluding carboxylic acids is 1. The lowest BCUT2D eigenvalue weighted by Crippen LogP contribution is -2.31. The van der Waals surface area contributed by atoms with Crippen LogP contribution in [0.1, 0.15) is 107 Å². The van der Waals surface area contributed by atoms with Crippen LogP contribution in [0.15, 0.2) is 52.0 Å². The standard InChI is InChI=1S/C34H40N3O4P/c38-33-26-19-10-11-21-28(26)36-32(27-20-12-22-29(37(40)41)30(27)34(36)39)31(33)35-42(23-13-4-1-5-14-23,24-15-6-2-7-16-24)25-17-8-3-9-18-25/h10-12,19-25H,1-9,13-18H2. The predicted octanol–water partition coefficient (Wildman–Crippen LogP) is 9.41. The third-order valence-corrected chi connectivity index (χ3v) is 16.3. The minimum Gasteiger partial charge on any atom is -0.287 e. The molecule has 2 aromatic carbocycles. The Labute approximate surface area is 246 Å². The molecule has 220 valence electrons. The summed E-state index contributed by atoms with van der Waals surface area (Å²) in [4.78, 5) is 40.3. The topological polar surface area (TPSA) is 94.6 Å². The molecule has 0 amide bonds. The third-order valence-electron chi connectivity index (χ3n) is 10.7. The first kappa shape index (κ1) is 27.8. The molecule has 1 aromatic heterocycles. The van der Waals surface area contributed by atoms with Crippen LogP contribution in [0.2, 0.25) is 0 Å². The largest absolute Gasteiger partial charge is 0.287 e. The van der Waals surface area contributed by atoms with Crippen LogP contribution in [0.4, 0.5) is 11.4 Å². The van der Waals surface area contributed by atoms with E-state index in [1.54, 1.807) is 28.8 Å². The number of hydrogen-bond acceptors (Lipinski definition) is 5. The van der Waals surface area contributed by atoms with Crippen LogP contribution in [0.5, 0.6) is 0 Å². The molecule has 3 saturated carbocycles. The van der Waals surface area contributed by atoms with Crippen molar-refractivity contribution in [2.45, 2.75) is 113 Å². The van der Waals surface area contributed by atoms with Crippen LogP contribution in [0.3, 0.4) is 0 Å². The SMILES string of the molecule is O=C1c2c(cccc2[N+](=O)[O-])-c2c(N=P(C3CCCCC3)(C3CCCCC3)C3CCCCC3)c(=O)c3ccccc3n21. The summed E-state index contributed by atoms with van der Waals surface area (Å²) in [5, 5.41) is 12.6. The Bertz CT molecular complexity index is 1620. The minimum absolute atomic E-state index is 0.0756. The first-order valence-electron chi connectivity index (χ1n) is 16.1. The monoisotopic (exact) mass is 585 g/mol. The van der Waals surface area contributed by atoms with E-state index in [0.717, 1.165) is 0 Å². The van der Waals surface area contributed by atoms with Crippen LogP contribution < -0.4 is 5.43 Å². The van der Waals surface area contributed by atoms with E-state index in [0.29, 0.717) is 44.8 Å². The van der Waals surface area contributed by atoms with Crippen molar-refractivity contribution in [2.24, 2.45) is 4.74 Å². The summed E-state index contributed by atoms with van der Waals surface area (Å²) in [5.41, 5.74) is 3.15. The summed E-state index contributed by atoms with van der Waals surface area (Å²) in [6.45, 7) is 0. The number of benzene rings is 2. The van der Waals surface area contributed by atoms with Crippen LogP contribution in [0.25, 0.3) is 22.2 Å². The Morgan fingerprint density at radius 2 is 1.29 bits per heavy atom. The number of fused-ring (bicyclic) bond motifs is 5. The zero-order valence-electron chi connectivity index (χ0n) is 24.3. The highest BCUT2D eigenvalue weighted by Crippen LogP contribution is 2.72. The van der Waals surface area contributed by atoms with E-state index < -0.39 is 17.9 Å². The molecule has 0 unspecified atom stereocenters. The lowest BCUT2D eigenvalue weighted by atomic mass is 9.99. The van der Waals surface area contributed by atoms with Crippen molar-refractivity contribution in [3.63, 3.8) is 0 Å². The van der Waals surface area contributed by atoms with Gasteiger partial charge in [-0.3, -0.25) is 29.0 Å². The molecule has 0 spiro atoms. The quantitative estimate of drug-likeness (QED) is 0.132. The smallest absolute Gasteiger partial charge is 0.282 e. The fraction of sp³-hybridized carbons (Fsp3) is 0.529. The Balaban J connectivity index is 1.60. The molecule has 0 radical (unpaired) electrons. The maximum absolute atomic E-state index is 14.6. The first-order chi connectivity index (χ1) is 20.5. The molecule has 3 aliphatic carbocycles. The van der Waals surface area contributed by atoms with Crippen LogP contribution in [-0.4, -0.2) is 32.4 Å². The molecule has 7 nitrogen and oxygen atoms in total. The number of rotatable bonds is 5. The van der Waals surface area contributed by atoms with Crippen molar-refractivity contribution in [1.29, 1.82) is 0 Å². The van der Waals surface area contributed by atoms with Gasteiger partial charge in [0.05, 0.1) is 16.1 Å². The van der Waals surface area contributed by atoms with Crippen LogP contribution >= 0.6 is 7.05 Å². The van der Waals surface area contributed by atoms with Gasteiger partial charge in [0.15, 0.2) is 0 Å². The van der Waals surface area contributed by atoms with Gasteiger partial charge in [-0.2, -0.15) is 0 Å². The van der Waals surface area contributed by atoms with Gasteiger partial charge in [0.25, 0.3) is 11.6 Å². The molecule has 0 N–H and O–H groups in total. The fourth-order valence-electron chi connectivity index (χ4n) is 8.90. The number of carbonyl (C=O) groups is 1. The average Bonchev–Trinajstić information content (AvgIpc) is 3.35. The predicted molar refractivity (Wildman–Crippen MR) is 170 cm³/mol. The number of nitro benzene ring substituents is 1. The van der Waals surface area contributed by atoms with Crippen molar-refractivity contribution in [1.82, 2.24) is 4.57 Å². The lowest BCUT2D eigenvalue weighted by molar-refractivity contribution is -0.385. The Kier molecular flexibility index (Phi) is 7.42. The summed E-state index contributed by atoms with van der Waals surface area (Å²) in [5.74, 6) is -0.433. The maximum atomic E-state index is 14.6. The van der Waals surface area contributed by atoms with Crippen molar-refractivity contribution >= 4 is 35.2 Å². The average molecular weight is 586 g/mol. The number of nitrogens with zero attached hydrogens (tertiary/aromatic N) is 3. The number of aromatic nitrogens is 1. The van der Waals surface area contributed by atoms with Gasteiger partial charge in [0.1, 0.15) is 11.3 Å². The van der Waals surface area contributed by atoms with Crippen molar-refractivity contribution < 1.29 is 9.72 Å². The molecule has 4 aliphatic rings. The normalized spacial score (nSPS) is 20.4. The molecule has 3 aromatic rings. The molecule has 8 heteroatoms. The number of hydrogen-bond donors (Lipinski definition) is 0. The second-order valence-corrected chi connectivity index (χ2v) is 16.9. The van der Waals surface area contributed by atoms with E-state index >= 15 is 0 Å². The van der Waals surface area contributed by atoms with E-state index in [9.17, 15) is 19.7 Å². The molecule has 0 saturated heterocycles. The molecule has 3 fully saturated rings. The maximum Gasteiger partial charge on any atom is 0.282 e. The summed E-state index contributed by atoms with van der Waals surface area (Å²) in [6, 6.07) is 12.0. The van der Waals surface area contributed by atoms with Gasteiger partial charge in [-0.1, -0.05) is 82.1 Å². The number of nitro groups is 1.